The molecule has 0 saturated carbocycles. The molecule has 0 bridgehead atoms. The van der Waals surface area contributed by atoms with E-state index in [1.54, 1.807) is 18.2 Å². The summed E-state index contributed by atoms with van der Waals surface area (Å²) in [5.41, 5.74) is 1.60. The van der Waals surface area contributed by atoms with Crippen molar-refractivity contribution in [1.29, 1.82) is 0 Å². The maximum Gasteiger partial charge on any atom is 0.244 e. The van der Waals surface area contributed by atoms with Crippen molar-refractivity contribution in [2.24, 2.45) is 0 Å². The molecule has 0 aliphatic carbocycles. The largest absolute Gasteiger partial charge is 0.495 e. The molecule has 0 amide bonds. The van der Waals surface area contributed by atoms with Gasteiger partial charge in [0.05, 0.1) is 13.2 Å². The molecule has 2 aromatic rings. The van der Waals surface area contributed by atoms with Gasteiger partial charge in [0.15, 0.2) is 0 Å². The molecule has 0 spiro atoms. The van der Waals surface area contributed by atoms with Gasteiger partial charge in [-0.15, -0.1) is 0 Å². The van der Waals surface area contributed by atoms with Crippen LogP contribution in [0.5, 0.6) is 5.75 Å². The SMILES string of the molecule is COc1ccc(Cl)cc1S(=O)(=O)NCC(O)c1ccc(N(C)C)cc1. The first-order valence-electron chi connectivity index (χ1n) is 7.53. The third-order valence-corrected chi connectivity index (χ3v) is 5.36. The Balaban J connectivity index is 2.12. The van der Waals surface area contributed by atoms with Crippen LogP contribution in [0.15, 0.2) is 47.4 Å². The zero-order valence-corrected chi connectivity index (χ0v) is 15.8. The number of aliphatic hydroxyl groups is 1. The predicted molar refractivity (Wildman–Crippen MR) is 98.9 cm³/mol. The molecule has 1 unspecified atom stereocenters. The maximum absolute atomic E-state index is 12.5. The molecule has 0 heterocycles. The summed E-state index contributed by atoms with van der Waals surface area (Å²) in [5, 5.41) is 10.5. The van der Waals surface area contributed by atoms with Crippen molar-refractivity contribution < 1.29 is 18.3 Å². The molecule has 0 fully saturated rings. The zero-order valence-electron chi connectivity index (χ0n) is 14.2. The molecule has 0 saturated heterocycles. The normalized spacial score (nSPS) is 12.7. The summed E-state index contributed by atoms with van der Waals surface area (Å²) >= 11 is 5.88. The highest BCUT2D eigenvalue weighted by molar-refractivity contribution is 7.89. The second-order valence-electron chi connectivity index (χ2n) is 5.65. The molecule has 0 aromatic heterocycles. The van der Waals surface area contributed by atoms with Crippen LogP contribution in [0, 0.1) is 0 Å². The number of halogens is 1. The van der Waals surface area contributed by atoms with E-state index in [2.05, 4.69) is 4.72 Å². The number of hydrogen-bond acceptors (Lipinski definition) is 5. The lowest BCUT2D eigenvalue weighted by Gasteiger charge is -2.16. The van der Waals surface area contributed by atoms with E-state index in [1.807, 2.05) is 31.1 Å². The van der Waals surface area contributed by atoms with Gasteiger partial charge in [0, 0.05) is 31.4 Å². The Morgan fingerprint density at radius 1 is 1.20 bits per heavy atom. The molecule has 1 atom stereocenters. The number of rotatable bonds is 7. The number of sulfonamides is 1. The molecule has 2 N–H and O–H groups in total. The van der Waals surface area contributed by atoms with E-state index >= 15 is 0 Å². The summed E-state index contributed by atoms with van der Waals surface area (Å²) in [6.45, 7) is -0.167. The summed E-state index contributed by atoms with van der Waals surface area (Å²) < 4.78 is 32.4. The average Bonchev–Trinajstić information content (AvgIpc) is 2.59. The van der Waals surface area contributed by atoms with Gasteiger partial charge in [0.2, 0.25) is 10.0 Å². The molecule has 136 valence electrons. The van der Waals surface area contributed by atoms with Gasteiger partial charge in [-0.25, -0.2) is 13.1 Å². The van der Waals surface area contributed by atoms with E-state index in [-0.39, 0.29) is 22.2 Å². The van der Waals surface area contributed by atoms with E-state index < -0.39 is 16.1 Å². The number of methoxy groups -OCH3 is 1. The van der Waals surface area contributed by atoms with E-state index in [9.17, 15) is 13.5 Å². The van der Waals surface area contributed by atoms with Crippen LogP contribution in [0.4, 0.5) is 5.69 Å². The van der Waals surface area contributed by atoms with Gasteiger partial charge in [0.1, 0.15) is 10.6 Å². The molecular formula is C17H21ClN2O4S. The summed E-state index contributed by atoms with van der Waals surface area (Å²) in [6, 6.07) is 11.6. The molecule has 6 nitrogen and oxygen atoms in total. The summed E-state index contributed by atoms with van der Waals surface area (Å²) in [5.74, 6) is 0.182. The van der Waals surface area contributed by atoms with Crippen LogP contribution in [0.1, 0.15) is 11.7 Å². The molecule has 0 radical (unpaired) electrons. The standard InChI is InChI=1S/C17H21ClN2O4S/c1-20(2)14-7-4-12(5-8-14)15(21)11-19-25(22,23)17-10-13(18)6-9-16(17)24-3/h4-10,15,19,21H,11H2,1-3H3. The topological polar surface area (TPSA) is 78.9 Å². The second kappa shape index (κ2) is 8.05. The van der Waals surface area contributed by atoms with Gasteiger partial charge in [-0.3, -0.25) is 0 Å². The fourth-order valence-electron chi connectivity index (χ4n) is 2.24. The van der Waals surface area contributed by atoms with Gasteiger partial charge in [0.25, 0.3) is 0 Å². The number of benzene rings is 2. The molecule has 2 aromatic carbocycles. The number of hydrogen-bond donors (Lipinski definition) is 2. The summed E-state index contributed by atoms with van der Waals surface area (Å²) in [6.07, 6.45) is -0.976. The lowest BCUT2D eigenvalue weighted by atomic mass is 10.1. The molecular weight excluding hydrogens is 364 g/mol. The maximum atomic E-state index is 12.5. The summed E-state index contributed by atoms with van der Waals surface area (Å²) in [4.78, 5) is 1.86. The van der Waals surface area contributed by atoms with Crippen LogP contribution in [0.2, 0.25) is 5.02 Å². The highest BCUT2D eigenvalue weighted by atomic mass is 35.5. The van der Waals surface area contributed by atoms with Crippen molar-refractivity contribution in [2.45, 2.75) is 11.0 Å². The van der Waals surface area contributed by atoms with Crippen molar-refractivity contribution >= 4 is 27.3 Å². The average molecular weight is 385 g/mol. The summed E-state index contributed by atoms with van der Waals surface area (Å²) in [7, 11) is 1.33. The Kier molecular flexibility index (Phi) is 6.29. The first-order valence-corrected chi connectivity index (χ1v) is 9.39. The quantitative estimate of drug-likeness (QED) is 0.766. The van der Waals surface area contributed by atoms with Crippen molar-refractivity contribution in [3.8, 4) is 5.75 Å². The Labute approximate surface area is 153 Å². The van der Waals surface area contributed by atoms with Crippen molar-refractivity contribution in [2.75, 3.05) is 32.6 Å². The van der Waals surface area contributed by atoms with Gasteiger partial charge in [-0.1, -0.05) is 23.7 Å². The van der Waals surface area contributed by atoms with Gasteiger partial charge in [-0.05, 0) is 35.9 Å². The molecule has 0 aliphatic heterocycles. The third kappa shape index (κ3) is 4.85. The fourth-order valence-corrected chi connectivity index (χ4v) is 3.71. The lowest BCUT2D eigenvalue weighted by Crippen LogP contribution is -2.29. The number of anilines is 1. The molecule has 25 heavy (non-hydrogen) atoms. The minimum absolute atomic E-state index is 0.0716. The monoisotopic (exact) mass is 384 g/mol. The first kappa shape index (κ1) is 19.5. The number of ether oxygens (including phenoxy) is 1. The Hall–Kier alpha value is -1.80. The van der Waals surface area contributed by atoms with Crippen LogP contribution < -0.4 is 14.4 Å². The minimum Gasteiger partial charge on any atom is -0.495 e. The fraction of sp³-hybridized carbons (Fsp3) is 0.294. The van der Waals surface area contributed by atoms with Crippen LogP contribution >= 0.6 is 11.6 Å². The third-order valence-electron chi connectivity index (χ3n) is 3.68. The number of nitrogens with zero attached hydrogens (tertiary/aromatic N) is 1. The van der Waals surface area contributed by atoms with E-state index in [4.69, 9.17) is 16.3 Å². The highest BCUT2D eigenvalue weighted by Gasteiger charge is 2.21. The highest BCUT2D eigenvalue weighted by Crippen LogP contribution is 2.27. The first-order chi connectivity index (χ1) is 11.7. The van der Waals surface area contributed by atoms with Crippen molar-refractivity contribution in [1.82, 2.24) is 4.72 Å². The molecule has 8 heteroatoms. The van der Waals surface area contributed by atoms with Crippen molar-refractivity contribution in [3.05, 3.63) is 53.1 Å². The van der Waals surface area contributed by atoms with Gasteiger partial charge in [-0.2, -0.15) is 0 Å². The number of nitrogens with one attached hydrogen (secondary N) is 1. The lowest BCUT2D eigenvalue weighted by molar-refractivity contribution is 0.182. The van der Waals surface area contributed by atoms with Crippen LogP contribution in [0.25, 0.3) is 0 Å². The Morgan fingerprint density at radius 3 is 2.40 bits per heavy atom. The minimum atomic E-state index is -3.88. The zero-order chi connectivity index (χ0) is 18.6. The molecule has 2 rings (SSSR count). The van der Waals surface area contributed by atoms with Gasteiger partial charge < -0.3 is 14.7 Å². The van der Waals surface area contributed by atoms with E-state index in [0.717, 1.165) is 5.69 Å². The Bertz CT molecular complexity index is 823. The van der Waals surface area contributed by atoms with Crippen LogP contribution in [0.3, 0.4) is 0 Å². The molecule has 0 aliphatic rings. The van der Waals surface area contributed by atoms with Crippen molar-refractivity contribution in [3.63, 3.8) is 0 Å². The van der Waals surface area contributed by atoms with E-state index in [0.29, 0.717) is 5.56 Å². The Morgan fingerprint density at radius 2 is 1.84 bits per heavy atom. The van der Waals surface area contributed by atoms with Crippen LogP contribution in [-0.4, -0.2) is 41.3 Å². The number of aliphatic hydroxyl groups excluding tert-OH is 1. The van der Waals surface area contributed by atoms with Crippen LogP contribution in [-0.2, 0) is 10.0 Å². The van der Waals surface area contributed by atoms with Gasteiger partial charge >= 0.3 is 0 Å². The van der Waals surface area contributed by atoms with E-state index in [1.165, 1.54) is 19.2 Å². The predicted octanol–water partition coefficient (Wildman–Crippen LogP) is 2.43. The second-order valence-corrected chi connectivity index (χ2v) is 7.82. The smallest absolute Gasteiger partial charge is 0.244 e.